The van der Waals surface area contributed by atoms with Crippen LogP contribution in [0, 0.1) is 5.92 Å². The van der Waals surface area contributed by atoms with E-state index in [-0.39, 0.29) is 5.91 Å². The van der Waals surface area contributed by atoms with Gasteiger partial charge >= 0.3 is 0 Å². The number of carbonyl (C=O) groups is 1. The third kappa shape index (κ3) is 4.04. The summed E-state index contributed by atoms with van der Waals surface area (Å²) in [5.74, 6) is 1.18. The maximum absolute atomic E-state index is 12.3. The molecule has 5 nitrogen and oxygen atoms in total. The summed E-state index contributed by atoms with van der Waals surface area (Å²) in [6, 6.07) is 11.3. The van der Waals surface area contributed by atoms with Crippen molar-refractivity contribution in [2.24, 2.45) is 5.92 Å². The molecule has 0 bridgehead atoms. The quantitative estimate of drug-likeness (QED) is 0.918. The fourth-order valence-electron chi connectivity index (χ4n) is 3.04. The maximum atomic E-state index is 12.3. The number of benzene rings is 1. The van der Waals surface area contributed by atoms with E-state index in [9.17, 15) is 4.79 Å². The molecule has 3 rings (SSSR count). The van der Waals surface area contributed by atoms with Gasteiger partial charge in [-0.3, -0.25) is 9.78 Å². The highest BCUT2D eigenvalue weighted by Crippen LogP contribution is 2.22. The molecule has 126 valence electrons. The average Bonchev–Trinajstić information content (AvgIpc) is 2.67. The number of anilines is 1. The molecule has 1 aromatic heterocycles. The van der Waals surface area contributed by atoms with E-state index < -0.39 is 0 Å². The minimum absolute atomic E-state index is 0.0383. The summed E-state index contributed by atoms with van der Waals surface area (Å²) in [5, 5.41) is 3.05. The van der Waals surface area contributed by atoms with E-state index >= 15 is 0 Å². The van der Waals surface area contributed by atoms with Gasteiger partial charge in [0.2, 0.25) is 0 Å². The van der Waals surface area contributed by atoms with Crippen LogP contribution in [0.1, 0.15) is 23.2 Å². The largest absolute Gasteiger partial charge is 0.497 e. The van der Waals surface area contributed by atoms with Crippen LogP contribution in [0.15, 0.2) is 48.8 Å². The number of amides is 1. The van der Waals surface area contributed by atoms with Crippen molar-refractivity contribution >= 4 is 11.6 Å². The fraction of sp³-hybridized carbons (Fsp3) is 0.368. The highest BCUT2D eigenvalue weighted by molar-refractivity contribution is 5.94. The van der Waals surface area contributed by atoms with Gasteiger partial charge in [-0.15, -0.1) is 0 Å². The van der Waals surface area contributed by atoms with Gasteiger partial charge in [-0.2, -0.15) is 0 Å². The Morgan fingerprint density at radius 2 is 2.12 bits per heavy atom. The molecule has 1 aromatic carbocycles. The van der Waals surface area contributed by atoms with Crippen molar-refractivity contribution in [2.45, 2.75) is 12.8 Å². The summed E-state index contributed by atoms with van der Waals surface area (Å²) in [6.45, 7) is 2.73. The van der Waals surface area contributed by atoms with Crippen molar-refractivity contribution in [1.29, 1.82) is 0 Å². The van der Waals surface area contributed by atoms with Crippen LogP contribution in [0.2, 0.25) is 0 Å². The Morgan fingerprint density at radius 3 is 2.83 bits per heavy atom. The molecular formula is C19H23N3O2. The van der Waals surface area contributed by atoms with Crippen molar-refractivity contribution in [2.75, 3.05) is 31.6 Å². The Bertz CT molecular complexity index is 667. The standard InChI is InChI=1S/C19H23N3O2/c1-24-18-6-2-4-16(12-18)19(23)21-13-15-7-10-22(11-8-15)17-5-3-9-20-14-17/h2-6,9,12,14-15H,7-8,10-11,13H2,1H3,(H,21,23). The Labute approximate surface area is 142 Å². The number of piperidine rings is 1. The third-order valence-electron chi connectivity index (χ3n) is 4.51. The van der Waals surface area contributed by atoms with Crippen LogP contribution in [0.5, 0.6) is 5.75 Å². The molecular weight excluding hydrogens is 302 g/mol. The monoisotopic (exact) mass is 325 g/mol. The van der Waals surface area contributed by atoms with Crippen molar-refractivity contribution in [3.8, 4) is 5.75 Å². The number of methoxy groups -OCH3 is 1. The van der Waals surface area contributed by atoms with Gasteiger partial charge in [-0.25, -0.2) is 0 Å². The van der Waals surface area contributed by atoms with Crippen LogP contribution in [0.4, 0.5) is 5.69 Å². The summed E-state index contributed by atoms with van der Waals surface area (Å²) >= 11 is 0. The highest BCUT2D eigenvalue weighted by atomic mass is 16.5. The van der Waals surface area contributed by atoms with E-state index in [1.807, 2.05) is 30.5 Å². The lowest BCUT2D eigenvalue weighted by molar-refractivity contribution is 0.0944. The molecule has 0 atom stereocenters. The zero-order chi connectivity index (χ0) is 16.8. The first-order valence-electron chi connectivity index (χ1n) is 8.33. The predicted octanol–water partition coefficient (Wildman–Crippen LogP) is 2.74. The van der Waals surface area contributed by atoms with E-state index in [0.29, 0.717) is 17.2 Å². The van der Waals surface area contributed by atoms with E-state index in [1.165, 1.54) is 5.69 Å². The molecule has 0 aliphatic carbocycles. The number of ether oxygens (including phenoxy) is 1. The summed E-state index contributed by atoms with van der Waals surface area (Å²) in [7, 11) is 1.60. The van der Waals surface area contributed by atoms with Gasteiger partial charge in [0.05, 0.1) is 19.0 Å². The van der Waals surface area contributed by atoms with E-state index in [4.69, 9.17) is 4.74 Å². The number of aromatic nitrogens is 1. The first-order chi connectivity index (χ1) is 11.8. The second-order valence-electron chi connectivity index (χ2n) is 6.08. The normalized spacial score (nSPS) is 15.1. The number of nitrogens with zero attached hydrogens (tertiary/aromatic N) is 2. The smallest absolute Gasteiger partial charge is 0.251 e. The van der Waals surface area contributed by atoms with Crippen LogP contribution < -0.4 is 15.0 Å². The SMILES string of the molecule is COc1cccc(C(=O)NCC2CCN(c3cccnc3)CC2)c1. The van der Waals surface area contributed by atoms with Gasteiger partial charge in [0.25, 0.3) is 5.91 Å². The molecule has 0 radical (unpaired) electrons. The molecule has 1 aliphatic heterocycles. The van der Waals surface area contributed by atoms with Crippen LogP contribution in [-0.2, 0) is 0 Å². The average molecular weight is 325 g/mol. The summed E-state index contributed by atoms with van der Waals surface area (Å²) < 4.78 is 5.16. The number of carbonyl (C=O) groups excluding carboxylic acids is 1. The first kappa shape index (κ1) is 16.3. The molecule has 1 N–H and O–H groups in total. The topological polar surface area (TPSA) is 54.5 Å². The minimum atomic E-state index is -0.0383. The molecule has 1 fully saturated rings. The van der Waals surface area contributed by atoms with Gasteiger partial charge in [0.15, 0.2) is 0 Å². The number of hydrogen-bond donors (Lipinski definition) is 1. The molecule has 0 saturated carbocycles. The molecule has 2 heterocycles. The summed E-state index contributed by atoms with van der Waals surface area (Å²) in [4.78, 5) is 18.8. The minimum Gasteiger partial charge on any atom is -0.497 e. The number of nitrogens with one attached hydrogen (secondary N) is 1. The lowest BCUT2D eigenvalue weighted by atomic mass is 9.96. The van der Waals surface area contributed by atoms with Crippen molar-refractivity contribution in [1.82, 2.24) is 10.3 Å². The molecule has 1 amide bonds. The third-order valence-corrected chi connectivity index (χ3v) is 4.51. The van der Waals surface area contributed by atoms with Crippen LogP contribution in [0.3, 0.4) is 0 Å². The second kappa shape index (κ2) is 7.81. The maximum Gasteiger partial charge on any atom is 0.251 e. The fourth-order valence-corrected chi connectivity index (χ4v) is 3.04. The molecule has 0 spiro atoms. The van der Waals surface area contributed by atoms with Crippen LogP contribution in [-0.4, -0.2) is 37.6 Å². The van der Waals surface area contributed by atoms with Gasteiger partial charge in [-0.05, 0) is 49.1 Å². The Kier molecular flexibility index (Phi) is 5.31. The molecule has 0 unspecified atom stereocenters. The highest BCUT2D eigenvalue weighted by Gasteiger charge is 2.20. The second-order valence-corrected chi connectivity index (χ2v) is 6.08. The molecule has 1 aliphatic rings. The van der Waals surface area contributed by atoms with Gasteiger partial charge in [0, 0.05) is 31.4 Å². The Morgan fingerprint density at radius 1 is 1.29 bits per heavy atom. The zero-order valence-corrected chi connectivity index (χ0v) is 13.9. The molecule has 24 heavy (non-hydrogen) atoms. The summed E-state index contributed by atoms with van der Waals surface area (Å²) in [6.07, 6.45) is 5.86. The van der Waals surface area contributed by atoms with E-state index in [1.54, 1.807) is 19.4 Å². The first-order valence-corrected chi connectivity index (χ1v) is 8.33. The van der Waals surface area contributed by atoms with E-state index in [2.05, 4.69) is 21.3 Å². The van der Waals surface area contributed by atoms with Gasteiger partial charge in [0.1, 0.15) is 5.75 Å². The van der Waals surface area contributed by atoms with E-state index in [0.717, 1.165) is 32.5 Å². The molecule has 2 aromatic rings. The lowest BCUT2D eigenvalue weighted by Crippen LogP contribution is -2.38. The Balaban J connectivity index is 1.47. The van der Waals surface area contributed by atoms with Crippen molar-refractivity contribution < 1.29 is 9.53 Å². The van der Waals surface area contributed by atoms with Crippen molar-refractivity contribution in [3.63, 3.8) is 0 Å². The number of pyridine rings is 1. The Hall–Kier alpha value is -2.56. The molecule has 1 saturated heterocycles. The predicted molar refractivity (Wildman–Crippen MR) is 94.5 cm³/mol. The number of rotatable bonds is 5. The molecule has 5 heteroatoms. The number of hydrogen-bond acceptors (Lipinski definition) is 4. The van der Waals surface area contributed by atoms with Crippen LogP contribution in [0.25, 0.3) is 0 Å². The van der Waals surface area contributed by atoms with Crippen molar-refractivity contribution in [3.05, 3.63) is 54.4 Å². The van der Waals surface area contributed by atoms with Gasteiger partial charge < -0.3 is 15.0 Å². The zero-order valence-electron chi connectivity index (χ0n) is 13.9. The van der Waals surface area contributed by atoms with Gasteiger partial charge in [-0.1, -0.05) is 6.07 Å². The lowest BCUT2D eigenvalue weighted by Gasteiger charge is -2.33. The van der Waals surface area contributed by atoms with Crippen LogP contribution >= 0.6 is 0 Å². The summed E-state index contributed by atoms with van der Waals surface area (Å²) in [5.41, 5.74) is 1.82.